The van der Waals surface area contributed by atoms with Gasteiger partial charge in [-0.05, 0) is 49.9 Å². The normalized spacial score (nSPS) is 33.4. The van der Waals surface area contributed by atoms with Gasteiger partial charge in [0.1, 0.15) is 0 Å². The Kier molecular flexibility index (Phi) is 4.29. The van der Waals surface area contributed by atoms with Gasteiger partial charge >= 0.3 is 0 Å². The van der Waals surface area contributed by atoms with Crippen LogP contribution in [-0.2, 0) is 0 Å². The molecule has 2 aliphatic rings. The minimum Gasteiger partial charge on any atom is -0.313 e. The van der Waals surface area contributed by atoms with Gasteiger partial charge in [-0.3, -0.25) is 0 Å². The third-order valence-corrected chi connectivity index (χ3v) is 5.14. The van der Waals surface area contributed by atoms with Crippen LogP contribution in [0.15, 0.2) is 0 Å². The average Bonchev–Trinajstić information content (AvgIpc) is 3.11. The number of rotatable bonds is 5. The van der Waals surface area contributed by atoms with Crippen molar-refractivity contribution >= 4 is 0 Å². The lowest BCUT2D eigenvalue weighted by molar-refractivity contribution is 0.372. The van der Waals surface area contributed by atoms with Gasteiger partial charge in [0.2, 0.25) is 0 Å². The number of hydrogen-bond acceptors (Lipinski definition) is 1. The molecule has 0 aromatic carbocycles. The Morgan fingerprint density at radius 3 is 2.50 bits per heavy atom. The summed E-state index contributed by atoms with van der Waals surface area (Å²) in [6.45, 7) is 6.01. The Bertz CT molecular complexity index is 207. The lowest BCUT2D eigenvalue weighted by Crippen LogP contribution is -2.33. The molecule has 2 rings (SSSR count). The second kappa shape index (κ2) is 5.53. The molecule has 0 bridgehead atoms. The highest BCUT2D eigenvalue weighted by molar-refractivity contribution is 4.94. The van der Waals surface area contributed by atoms with Gasteiger partial charge in [-0.15, -0.1) is 0 Å². The van der Waals surface area contributed by atoms with E-state index in [0.29, 0.717) is 0 Å². The van der Waals surface area contributed by atoms with Crippen LogP contribution < -0.4 is 5.32 Å². The molecule has 1 N–H and O–H groups in total. The van der Waals surface area contributed by atoms with Crippen LogP contribution in [0.4, 0.5) is 0 Å². The van der Waals surface area contributed by atoms with E-state index in [9.17, 15) is 0 Å². The average molecular weight is 223 g/mol. The van der Waals surface area contributed by atoms with Gasteiger partial charge in [-0.1, -0.05) is 33.1 Å². The predicted molar refractivity (Wildman–Crippen MR) is 70.6 cm³/mol. The molecule has 0 aromatic rings. The predicted octanol–water partition coefficient (Wildman–Crippen LogP) is 4.13. The first-order valence-electron chi connectivity index (χ1n) is 7.51. The lowest BCUT2D eigenvalue weighted by atomic mass is 9.97. The van der Waals surface area contributed by atoms with Crippen LogP contribution in [0.1, 0.15) is 71.6 Å². The van der Waals surface area contributed by atoms with Crippen LogP contribution in [0, 0.1) is 11.3 Å². The zero-order valence-electron chi connectivity index (χ0n) is 11.2. The standard InChI is InChI=1S/C15H29N/c1-3-13-6-5-7-14(9-8-13)16-12-15(4-2)10-11-15/h13-14,16H,3-12H2,1-2H3. The van der Waals surface area contributed by atoms with Crippen molar-refractivity contribution in [2.75, 3.05) is 6.54 Å². The molecule has 0 amide bonds. The molecule has 16 heavy (non-hydrogen) atoms. The van der Waals surface area contributed by atoms with E-state index in [2.05, 4.69) is 19.2 Å². The molecule has 2 fully saturated rings. The maximum atomic E-state index is 3.86. The Morgan fingerprint density at radius 2 is 1.88 bits per heavy atom. The first-order valence-corrected chi connectivity index (χ1v) is 7.51. The number of hydrogen-bond donors (Lipinski definition) is 1. The monoisotopic (exact) mass is 223 g/mol. The second-order valence-corrected chi connectivity index (χ2v) is 6.21. The number of nitrogens with one attached hydrogen (secondary N) is 1. The van der Waals surface area contributed by atoms with Gasteiger partial charge in [-0.2, -0.15) is 0 Å². The lowest BCUT2D eigenvalue weighted by Gasteiger charge is -2.20. The van der Waals surface area contributed by atoms with Crippen molar-refractivity contribution in [2.24, 2.45) is 11.3 Å². The molecule has 0 aromatic heterocycles. The van der Waals surface area contributed by atoms with Crippen LogP contribution in [0.3, 0.4) is 0 Å². The molecule has 94 valence electrons. The van der Waals surface area contributed by atoms with E-state index >= 15 is 0 Å². The molecule has 2 atom stereocenters. The van der Waals surface area contributed by atoms with E-state index in [4.69, 9.17) is 0 Å². The zero-order chi connectivity index (χ0) is 11.4. The fourth-order valence-electron chi connectivity index (χ4n) is 3.18. The minimum atomic E-state index is 0.719. The molecule has 1 heteroatoms. The van der Waals surface area contributed by atoms with Crippen LogP contribution in [0.25, 0.3) is 0 Å². The molecule has 0 aliphatic heterocycles. The molecular formula is C15H29N. The highest BCUT2D eigenvalue weighted by Crippen LogP contribution is 2.48. The third kappa shape index (κ3) is 3.23. The Hall–Kier alpha value is -0.0400. The summed E-state index contributed by atoms with van der Waals surface area (Å²) in [6, 6.07) is 0.834. The SMILES string of the molecule is CCC1CCCC(NCC2(CC)CC2)CC1. The Morgan fingerprint density at radius 1 is 1.06 bits per heavy atom. The van der Waals surface area contributed by atoms with Gasteiger partial charge in [-0.25, -0.2) is 0 Å². The molecular weight excluding hydrogens is 194 g/mol. The summed E-state index contributed by atoms with van der Waals surface area (Å²) in [5.41, 5.74) is 0.719. The highest BCUT2D eigenvalue weighted by atomic mass is 14.9. The summed E-state index contributed by atoms with van der Waals surface area (Å²) < 4.78 is 0. The summed E-state index contributed by atoms with van der Waals surface area (Å²) in [5, 5.41) is 3.86. The van der Waals surface area contributed by atoms with E-state index in [0.717, 1.165) is 17.4 Å². The molecule has 0 spiro atoms. The molecule has 2 saturated carbocycles. The van der Waals surface area contributed by atoms with E-state index in [1.54, 1.807) is 0 Å². The van der Waals surface area contributed by atoms with Crippen molar-refractivity contribution in [1.29, 1.82) is 0 Å². The summed E-state index contributed by atoms with van der Waals surface area (Å²) in [5.74, 6) is 1.02. The van der Waals surface area contributed by atoms with Gasteiger partial charge in [0.15, 0.2) is 0 Å². The summed E-state index contributed by atoms with van der Waals surface area (Å²) in [7, 11) is 0. The fraction of sp³-hybridized carbons (Fsp3) is 1.00. The molecule has 2 unspecified atom stereocenters. The van der Waals surface area contributed by atoms with Crippen LogP contribution >= 0.6 is 0 Å². The molecule has 2 aliphatic carbocycles. The van der Waals surface area contributed by atoms with Crippen molar-refractivity contribution in [3.05, 3.63) is 0 Å². The smallest absolute Gasteiger partial charge is 0.00673 e. The first-order chi connectivity index (χ1) is 7.78. The molecule has 0 saturated heterocycles. The topological polar surface area (TPSA) is 12.0 Å². The molecule has 0 radical (unpaired) electrons. The van der Waals surface area contributed by atoms with Crippen LogP contribution in [0.5, 0.6) is 0 Å². The van der Waals surface area contributed by atoms with E-state index < -0.39 is 0 Å². The molecule has 1 nitrogen and oxygen atoms in total. The van der Waals surface area contributed by atoms with Crippen molar-refractivity contribution < 1.29 is 0 Å². The van der Waals surface area contributed by atoms with E-state index in [-0.39, 0.29) is 0 Å². The second-order valence-electron chi connectivity index (χ2n) is 6.21. The van der Waals surface area contributed by atoms with Gasteiger partial charge in [0.05, 0.1) is 0 Å². The largest absolute Gasteiger partial charge is 0.313 e. The Labute approximate surface area is 101 Å². The summed E-state index contributed by atoms with van der Waals surface area (Å²) in [6.07, 6.45) is 13.0. The van der Waals surface area contributed by atoms with Gasteiger partial charge in [0.25, 0.3) is 0 Å². The molecule has 0 heterocycles. The maximum absolute atomic E-state index is 3.86. The van der Waals surface area contributed by atoms with E-state index in [1.165, 1.54) is 64.3 Å². The highest BCUT2D eigenvalue weighted by Gasteiger charge is 2.40. The van der Waals surface area contributed by atoms with Gasteiger partial charge in [0, 0.05) is 12.6 Å². The quantitative estimate of drug-likeness (QED) is 0.691. The van der Waals surface area contributed by atoms with Gasteiger partial charge < -0.3 is 5.32 Å². The Balaban J connectivity index is 1.69. The first kappa shape index (κ1) is 12.4. The van der Waals surface area contributed by atoms with Crippen molar-refractivity contribution in [1.82, 2.24) is 5.32 Å². The van der Waals surface area contributed by atoms with Crippen LogP contribution in [0.2, 0.25) is 0 Å². The zero-order valence-corrected chi connectivity index (χ0v) is 11.2. The summed E-state index contributed by atoms with van der Waals surface area (Å²) in [4.78, 5) is 0. The third-order valence-electron chi connectivity index (χ3n) is 5.14. The van der Waals surface area contributed by atoms with Crippen molar-refractivity contribution in [3.8, 4) is 0 Å². The minimum absolute atomic E-state index is 0.719. The maximum Gasteiger partial charge on any atom is 0.00673 e. The fourth-order valence-corrected chi connectivity index (χ4v) is 3.18. The van der Waals surface area contributed by atoms with Crippen molar-refractivity contribution in [3.63, 3.8) is 0 Å². The van der Waals surface area contributed by atoms with E-state index in [1.807, 2.05) is 0 Å². The van der Waals surface area contributed by atoms with Crippen molar-refractivity contribution in [2.45, 2.75) is 77.7 Å². The summed E-state index contributed by atoms with van der Waals surface area (Å²) >= 11 is 0. The van der Waals surface area contributed by atoms with Crippen LogP contribution in [-0.4, -0.2) is 12.6 Å².